The number of aromatic nitrogens is 4. The molecule has 0 aliphatic carbocycles. The van der Waals surface area contributed by atoms with Gasteiger partial charge in [-0.15, -0.1) is 15.0 Å². The van der Waals surface area contributed by atoms with Crippen molar-refractivity contribution in [1.82, 2.24) is 20.2 Å². The van der Waals surface area contributed by atoms with Crippen LogP contribution in [0.5, 0.6) is 0 Å². The lowest BCUT2D eigenvalue weighted by molar-refractivity contribution is 0.1000. The van der Waals surface area contributed by atoms with Gasteiger partial charge >= 0.3 is 0 Å². The highest BCUT2D eigenvalue weighted by molar-refractivity contribution is 5.97. The monoisotopic (exact) mass is 280 g/mol. The number of hydrogen-bond acceptors (Lipinski definition) is 5. The lowest BCUT2D eigenvalue weighted by Gasteiger charge is -2.05. The molecule has 0 saturated heterocycles. The molecule has 7 heteroatoms. The maximum Gasteiger partial charge on any atom is 0.251 e. The van der Waals surface area contributed by atoms with Gasteiger partial charge in [-0.05, 0) is 23.4 Å². The van der Waals surface area contributed by atoms with E-state index in [4.69, 9.17) is 11.5 Å². The van der Waals surface area contributed by atoms with Gasteiger partial charge in [0.2, 0.25) is 5.82 Å². The van der Waals surface area contributed by atoms with Crippen molar-refractivity contribution >= 4 is 11.6 Å². The maximum absolute atomic E-state index is 11.5. The first-order valence-corrected chi connectivity index (χ1v) is 6.20. The molecule has 1 heterocycles. The molecular weight excluding hydrogens is 268 g/mol. The van der Waals surface area contributed by atoms with E-state index in [0.717, 1.165) is 5.56 Å². The fourth-order valence-electron chi connectivity index (χ4n) is 1.94. The highest BCUT2D eigenvalue weighted by Gasteiger charge is 2.14. The Morgan fingerprint density at radius 1 is 1.10 bits per heavy atom. The largest absolute Gasteiger partial charge is 0.399 e. The normalized spacial score (nSPS) is 10.5. The molecule has 0 aliphatic rings. The fraction of sp³-hybridized carbons (Fsp3) is 0. The average Bonchev–Trinajstić information content (AvgIpc) is 2.97. The second-order valence-electron chi connectivity index (χ2n) is 4.41. The molecule has 3 aromatic rings. The molecule has 2 aromatic carbocycles. The summed E-state index contributed by atoms with van der Waals surface area (Å²) in [7, 11) is 0. The number of rotatable bonds is 3. The number of tetrazole rings is 1. The van der Waals surface area contributed by atoms with Crippen LogP contribution < -0.4 is 11.5 Å². The van der Waals surface area contributed by atoms with Crippen LogP contribution in [0.15, 0.2) is 48.5 Å². The van der Waals surface area contributed by atoms with Crippen LogP contribution in [0.4, 0.5) is 5.69 Å². The number of benzene rings is 2. The first kappa shape index (κ1) is 12.8. The van der Waals surface area contributed by atoms with E-state index >= 15 is 0 Å². The summed E-state index contributed by atoms with van der Waals surface area (Å²) >= 11 is 0. The number of nitrogen functional groups attached to an aromatic ring is 1. The minimum Gasteiger partial charge on any atom is -0.399 e. The van der Waals surface area contributed by atoms with E-state index in [-0.39, 0.29) is 5.56 Å². The highest BCUT2D eigenvalue weighted by atomic mass is 16.1. The molecule has 0 bridgehead atoms. The summed E-state index contributed by atoms with van der Waals surface area (Å²) in [5.74, 6) is -0.140. The van der Waals surface area contributed by atoms with Gasteiger partial charge < -0.3 is 11.5 Å². The maximum atomic E-state index is 11.5. The van der Waals surface area contributed by atoms with Gasteiger partial charge in [-0.3, -0.25) is 4.79 Å². The molecule has 0 aliphatic heterocycles. The van der Waals surface area contributed by atoms with Crippen molar-refractivity contribution in [3.8, 4) is 17.1 Å². The van der Waals surface area contributed by atoms with Crippen LogP contribution in [0.2, 0.25) is 0 Å². The molecule has 0 radical (unpaired) electrons. The van der Waals surface area contributed by atoms with E-state index in [2.05, 4.69) is 15.4 Å². The topological polar surface area (TPSA) is 113 Å². The first-order valence-electron chi connectivity index (χ1n) is 6.20. The Bertz CT molecular complexity index is 796. The summed E-state index contributed by atoms with van der Waals surface area (Å²) in [6, 6.07) is 14.2. The Morgan fingerprint density at radius 3 is 2.57 bits per heavy atom. The molecule has 1 amide bonds. The molecule has 0 unspecified atom stereocenters. The van der Waals surface area contributed by atoms with Crippen LogP contribution in [0.25, 0.3) is 17.1 Å². The molecule has 0 atom stereocenters. The number of carbonyl (C=O) groups excluding carboxylic acids is 1. The lowest BCUT2D eigenvalue weighted by Crippen LogP contribution is -2.16. The molecular formula is C14H12N6O. The number of hydrogen-bond donors (Lipinski definition) is 2. The van der Waals surface area contributed by atoms with Crippen molar-refractivity contribution in [2.75, 3.05) is 5.73 Å². The fourth-order valence-corrected chi connectivity index (χ4v) is 1.94. The molecule has 7 nitrogen and oxygen atoms in total. The minimum absolute atomic E-state index is 0.243. The average molecular weight is 280 g/mol. The van der Waals surface area contributed by atoms with Gasteiger partial charge in [0, 0.05) is 11.3 Å². The van der Waals surface area contributed by atoms with Gasteiger partial charge in [0.25, 0.3) is 5.91 Å². The van der Waals surface area contributed by atoms with Crippen molar-refractivity contribution in [3.05, 3.63) is 54.1 Å². The van der Waals surface area contributed by atoms with E-state index in [1.165, 1.54) is 10.9 Å². The summed E-state index contributed by atoms with van der Waals surface area (Å²) in [6.07, 6.45) is 0. The Kier molecular flexibility index (Phi) is 3.07. The molecule has 0 fully saturated rings. The van der Waals surface area contributed by atoms with Crippen LogP contribution in [-0.2, 0) is 0 Å². The number of amides is 1. The zero-order chi connectivity index (χ0) is 14.8. The quantitative estimate of drug-likeness (QED) is 0.695. The van der Waals surface area contributed by atoms with Crippen molar-refractivity contribution in [1.29, 1.82) is 0 Å². The third-order valence-electron chi connectivity index (χ3n) is 2.95. The van der Waals surface area contributed by atoms with Crippen LogP contribution in [0, 0.1) is 0 Å². The lowest BCUT2D eigenvalue weighted by atomic mass is 10.1. The zero-order valence-corrected chi connectivity index (χ0v) is 11.0. The second kappa shape index (κ2) is 5.04. The van der Waals surface area contributed by atoms with Gasteiger partial charge in [-0.2, -0.15) is 0 Å². The predicted octanol–water partition coefficient (Wildman–Crippen LogP) is 1.01. The minimum atomic E-state index is -0.601. The Labute approximate surface area is 120 Å². The van der Waals surface area contributed by atoms with E-state index < -0.39 is 5.91 Å². The number of anilines is 1. The van der Waals surface area contributed by atoms with E-state index in [1.54, 1.807) is 12.1 Å². The van der Waals surface area contributed by atoms with Crippen molar-refractivity contribution in [2.24, 2.45) is 5.73 Å². The third-order valence-corrected chi connectivity index (χ3v) is 2.95. The summed E-state index contributed by atoms with van der Waals surface area (Å²) in [4.78, 5) is 12.8. The van der Waals surface area contributed by atoms with E-state index in [1.807, 2.05) is 30.3 Å². The SMILES string of the molecule is NC(=O)c1cc(N)ccc1-n1nnc(-c2ccccc2)n1. The third kappa shape index (κ3) is 2.44. The number of nitrogens with zero attached hydrogens (tertiary/aromatic N) is 4. The Balaban J connectivity index is 2.07. The van der Waals surface area contributed by atoms with Gasteiger partial charge in [-0.25, -0.2) is 0 Å². The van der Waals surface area contributed by atoms with Gasteiger partial charge in [-0.1, -0.05) is 30.3 Å². The summed E-state index contributed by atoms with van der Waals surface area (Å²) in [5, 5.41) is 12.2. The standard InChI is InChI=1S/C14H12N6O/c15-10-6-7-12(11(8-10)13(16)21)20-18-14(17-19-20)9-4-2-1-3-5-9/h1-8H,15H2,(H2,16,21). The molecule has 4 N–H and O–H groups in total. The Hall–Kier alpha value is -3.22. The van der Waals surface area contributed by atoms with Gasteiger partial charge in [0.1, 0.15) is 5.69 Å². The first-order chi connectivity index (χ1) is 10.1. The molecule has 104 valence electrons. The van der Waals surface area contributed by atoms with Crippen molar-refractivity contribution in [2.45, 2.75) is 0 Å². The van der Waals surface area contributed by atoms with Crippen LogP contribution in [0.1, 0.15) is 10.4 Å². The van der Waals surface area contributed by atoms with Crippen LogP contribution >= 0.6 is 0 Å². The van der Waals surface area contributed by atoms with E-state index in [0.29, 0.717) is 17.2 Å². The summed E-state index contributed by atoms with van der Waals surface area (Å²) in [5.41, 5.74) is 13.0. The molecule has 1 aromatic heterocycles. The van der Waals surface area contributed by atoms with Crippen LogP contribution in [0.3, 0.4) is 0 Å². The molecule has 3 rings (SSSR count). The zero-order valence-electron chi connectivity index (χ0n) is 11.0. The van der Waals surface area contributed by atoms with E-state index in [9.17, 15) is 4.79 Å². The predicted molar refractivity (Wildman–Crippen MR) is 77.5 cm³/mol. The molecule has 0 saturated carbocycles. The van der Waals surface area contributed by atoms with Gasteiger partial charge in [0.15, 0.2) is 0 Å². The molecule has 0 spiro atoms. The number of carbonyl (C=O) groups is 1. The van der Waals surface area contributed by atoms with Gasteiger partial charge in [0.05, 0.1) is 5.56 Å². The smallest absolute Gasteiger partial charge is 0.251 e. The molecule has 21 heavy (non-hydrogen) atoms. The Morgan fingerprint density at radius 2 is 1.86 bits per heavy atom. The summed E-state index contributed by atoms with van der Waals surface area (Å²) in [6.45, 7) is 0. The second-order valence-corrected chi connectivity index (χ2v) is 4.41. The summed E-state index contributed by atoms with van der Waals surface area (Å²) < 4.78 is 0. The van der Waals surface area contributed by atoms with Crippen molar-refractivity contribution in [3.63, 3.8) is 0 Å². The highest BCUT2D eigenvalue weighted by Crippen LogP contribution is 2.18. The number of primary amides is 1. The van der Waals surface area contributed by atoms with Crippen LogP contribution in [-0.4, -0.2) is 26.1 Å². The number of nitrogens with two attached hydrogens (primary N) is 2. The van der Waals surface area contributed by atoms with Crippen molar-refractivity contribution < 1.29 is 4.79 Å².